The Bertz CT molecular complexity index is 1110. The number of benzene rings is 2. The third kappa shape index (κ3) is 7.31. The molecule has 0 radical (unpaired) electrons. The van der Waals surface area contributed by atoms with E-state index >= 15 is 0 Å². The number of carbonyl (C=O) groups excluding carboxylic acids is 1. The molecule has 3 rings (SSSR count). The van der Waals surface area contributed by atoms with Crippen LogP contribution in [0.3, 0.4) is 0 Å². The maximum absolute atomic E-state index is 11.2. The average Bonchev–Trinajstić information content (AvgIpc) is 2.77. The molecule has 11 nitrogen and oxygen atoms in total. The molecule has 0 aliphatic heterocycles. The second kappa shape index (κ2) is 12.2. The van der Waals surface area contributed by atoms with Crippen molar-refractivity contribution >= 4 is 40.8 Å². The van der Waals surface area contributed by atoms with Crippen LogP contribution in [0.25, 0.3) is 0 Å². The number of halogens is 1. The van der Waals surface area contributed by atoms with Gasteiger partial charge in [0, 0.05) is 25.5 Å². The summed E-state index contributed by atoms with van der Waals surface area (Å²) in [7, 11) is 1.56. The van der Waals surface area contributed by atoms with Crippen molar-refractivity contribution in [3.05, 3.63) is 76.4 Å². The number of nitrogens with two attached hydrogens (primary N) is 4. The number of nitrogens with zero attached hydrogens (tertiary/aromatic N) is 4. The molecular weight excluding hydrogens is 446 g/mol. The van der Waals surface area contributed by atoms with E-state index in [1.54, 1.807) is 13.1 Å². The highest BCUT2D eigenvalue weighted by atomic mass is 35.5. The van der Waals surface area contributed by atoms with Crippen molar-refractivity contribution in [2.75, 3.05) is 24.7 Å². The lowest BCUT2D eigenvalue weighted by Crippen LogP contribution is -2.35. The fourth-order valence-corrected chi connectivity index (χ4v) is 2.95. The molecule has 0 bridgehead atoms. The van der Waals surface area contributed by atoms with Gasteiger partial charge in [0.1, 0.15) is 5.82 Å². The number of hydrogen-bond donors (Lipinski definition) is 6. The summed E-state index contributed by atoms with van der Waals surface area (Å²) in [6, 6.07) is 14.6. The molecule has 0 unspecified atom stereocenters. The Hall–Kier alpha value is -3.93. The largest absolute Gasteiger partial charge is 0.396 e. The number of hydrogen-bond acceptors (Lipinski definition) is 9. The van der Waals surface area contributed by atoms with Gasteiger partial charge in [-0.15, -0.1) is 0 Å². The number of nitrogens with one attached hydrogen (secondary N) is 1. The lowest BCUT2D eigenvalue weighted by molar-refractivity contribution is 0.100. The number of hydrazone groups is 1. The standard InChI is InChI=1S/C13H16ClN9O.C8H10O/c1-23(18)12(22-17)8-5-19-13(21-10(8)15)20-6-2-3-7(11(16)24)9(14)4-6;9-7-6-8-4-2-1-3-5-8/h2-5H,17-18H2,1H3,(H2,16,24)(H3,15,19,20,21);1-5,9H,6-7H2/b22-12-;. The first-order valence-electron chi connectivity index (χ1n) is 9.67. The zero-order chi connectivity index (χ0) is 24.4. The first kappa shape index (κ1) is 25.3. The minimum absolute atomic E-state index is 0.133. The van der Waals surface area contributed by atoms with Crippen LogP contribution in [-0.4, -0.2) is 45.5 Å². The summed E-state index contributed by atoms with van der Waals surface area (Å²) in [6.45, 7) is 0.240. The van der Waals surface area contributed by atoms with Crippen molar-refractivity contribution in [1.82, 2.24) is 15.0 Å². The Balaban J connectivity index is 0.000000357. The first-order chi connectivity index (χ1) is 15.8. The van der Waals surface area contributed by atoms with Crippen molar-refractivity contribution in [1.29, 1.82) is 0 Å². The lowest BCUT2D eigenvalue weighted by Gasteiger charge is -2.15. The van der Waals surface area contributed by atoms with Crippen molar-refractivity contribution in [3.63, 3.8) is 0 Å². The van der Waals surface area contributed by atoms with E-state index in [2.05, 4.69) is 20.4 Å². The lowest BCUT2D eigenvalue weighted by atomic mass is 10.2. The van der Waals surface area contributed by atoms with Crippen LogP contribution in [0.1, 0.15) is 21.5 Å². The summed E-state index contributed by atoms with van der Waals surface area (Å²) in [5.41, 5.74) is 13.4. The van der Waals surface area contributed by atoms with E-state index in [0.717, 1.165) is 6.42 Å². The quantitative estimate of drug-likeness (QED) is 0.132. The maximum atomic E-state index is 11.2. The summed E-state index contributed by atoms with van der Waals surface area (Å²) < 4.78 is 0. The molecule has 0 saturated carbocycles. The molecule has 0 aliphatic carbocycles. The monoisotopic (exact) mass is 471 g/mol. The number of carbonyl (C=O) groups is 1. The summed E-state index contributed by atoms with van der Waals surface area (Å²) in [4.78, 5) is 19.4. The van der Waals surface area contributed by atoms with Crippen molar-refractivity contribution in [3.8, 4) is 0 Å². The Morgan fingerprint density at radius 3 is 2.42 bits per heavy atom. The normalized spacial score (nSPS) is 10.7. The summed E-state index contributed by atoms with van der Waals surface area (Å²) >= 11 is 5.99. The van der Waals surface area contributed by atoms with Gasteiger partial charge in [0.2, 0.25) is 11.9 Å². The van der Waals surface area contributed by atoms with E-state index in [0.29, 0.717) is 11.3 Å². The highest BCUT2D eigenvalue weighted by Gasteiger charge is 2.14. The number of aromatic nitrogens is 2. The van der Waals surface area contributed by atoms with Gasteiger partial charge < -0.3 is 27.7 Å². The molecule has 2 aromatic carbocycles. The average molecular weight is 472 g/mol. The molecule has 10 N–H and O–H groups in total. The Kier molecular flexibility index (Phi) is 9.36. The van der Waals surface area contributed by atoms with E-state index in [1.165, 1.54) is 28.9 Å². The van der Waals surface area contributed by atoms with Crippen LogP contribution in [-0.2, 0) is 6.42 Å². The summed E-state index contributed by atoms with van der Waals surface area (Å²) in [5, 5.41) is 16.4. The molecule has 0 saturated heterocycles. The van der Waals surface area contributed by atoms with Crippen LogP contribution < -0.4 is 28.5 Å². The molecule has 33 heavy (non-hydrogen) atoms. The van der Waals surface area contributed by atoms with Gasteiger partial charge >= 0.3 is 0 Å². The van der Waals surface area contributed by atoms with Crippen molar-refractivity contribution < 1.29 is 9.90 Å². The number of amides is 1. The van der Waals surface area contributed by atoms with Gasteiger partial charge in [-0.25, -0.2) is 10.8 Å². The SMILES string of the molecule is CN(N)/C(=N\N)c1cnc(Nc2ccc(C(N)=O)c(Cl)c2)nc1N.OCCc1ccccc1. The van der Waals surface area contributed by atoms with Gasteiger partial charge in [-0.05, 0) is 30.2 Å². The molecule has 3 aromatic rings. The number of anilines is 3. The number of primary amides is 1. The molecule has 12 heteroatoms. The number of hydrazine groups is 1. The third-order valence-corrected chi connectivity index (χ3v) is 4.56. The number of nitrogen functional groups attached to an aromatic ring is 1. The van der Waals surface area contributed by atoms with Gasteiger partial charge in [0.05, 0.1) is 16.1 Å². The highest BCUT2D eigenvalue weighted by molar-refractivity contribution is 6.34. The molecule has 1 heterocycles. The smallest absolute Gasteiger partial charge is 0.250 e. The van der Waals surface area contributed by atoms with Crippen LogP contribution in [0.15, 0.2) is 59.8 Å². The minimum Gasteiger partial charge on any atom is -0.396 e. The van der Waals surface area contributed by atoms with Crippen molar-refractivity contribution in [2.24, 2.45) is 22.5 Å². The predicted molar refractivity (Wildman–Crippen MR) is 130 cm³/mol. The Morgan fingerprint density at radius 1 is 1.21 bits per heavy atom. The third-order valence-electron chi connectivity index (χ3n) is 4.25. The molecule has 0 atom stereocenters. The van der Waals surface area contributed by atoms with Gasteiger partial charge in [-0.1, -0.05) is 41.9 Å². The minimum atomic E-state index is -0.615. The molecule has 0 aliphatic rings. The van der Waals surface area contributed by atoms with Gasteiger partial charge in [0.15, 0.2) is 5.84 Å². The Morgan fingerprint density at radius 2 is 1.91 bits per heavy atom. The number of aliphatic hydroxyl groups is 1. The van der Waals surface area contributed by atoms with Crippen LogP contribution in [0.2, 0.25) is 5.02 Å². The summed E-state index contributed by atoms with van der Waals surface area (Å²) in [6.07, 6.45) is 2.19. The summed E-state index contributed by atoms with van der Waals surface area (Å²) in [5.74, 6) is 10.9. The van der Waals surface area contributed by atoms with E-state index in [-0.39, 0.29) is 34.8 Å². The molecular formula is C21H26ClN9O2. The topological polar surface area (TPSA) is 195 Å². The molecule has 0 fully saturated rings. The first-order valence-corrected chi connectivity index (χ1v) is 10.0. The number of amidine groups is 1. The number of aliphatic hydroxyl groups excluding tert-OH is 1. The zero-order valence-electron chi connectivity index (χ0n) is 17.9. The second-order valence-corrected chi connectivity index (χ2v) is 7.11. The second-order valence-electron chi connectivity index (χ2n) is 6.70. The van der Waals surface area contributed by atoms with Crippen LogP contribution >= 0.6 is 11.6 Å². The van der Waals surface area contributed by atoms with E-state index < -0.39 is 5.91 Å². The maximum Gasteiger partial charge on any atom is 0.250 e. The van der Waals surface area contributed by atoms with E-state index in [9.17, 15) is 4.79 Å². The number of rotatable bonds is 6. The van der Waals surface area contributed by atoms with Crippen LogP contribution in [0.5, 0.6) is 0 Å². The Labute approximate surface area is 196 Å². The van der Waals surface area contributed by atoms with Gasteiger partial charge in [0.25, 0.3) is 0 Å². The zero-order valence-corrected chi connectivity index (χ0v) is 18.7. The molecule has 1 amide bonds. The van der Waals surface area contributed by atoms with Crippen molar-refractivity contribution in [2.45, 2.75) is 6.42 Å². The van der Waals surface area contributed by atoms with Crippen LogP contribution in [0, 0.1) is 0 Å². The van der Waals surface area contributed by atoms with E-state index in [1.807, 2.05) is 30.3 Å². The van der Waals surface area contributed by atoms with E-state index in [4.69, 9.17) is 39.9 Å². The van der Waals surface area contributed by atoms with Gasteiger partial charge in [-0.2, -0.15) is 10.1 Å². The highest BCUT2D eigenvalue weighted by Crippen LogP contribution is 2.23. The van der Waals surface area contributed by atoms with Gasteiger partial charge in [-0.3, -0.25) is 9.80 Å². The predicted octanol–water partition coefficient (Wildman–Crippen LogP) is 1.20. The molecule has 1 aromatic heterocycles. The van der Waals surface area contributed by atoms with Crippen LogP contribution in [0.4, 0.5) is 17.5 Å². The fourth-order valence-electron chi connectivity index (χ4n) is 2.67. The molecule has 0 spiro atoms. The molecule has 174 valence electrons. The fraction of sp³-hybridized carbons (Fsp3) is 0.143.